The van der Waals surface area contributed by atoms with E-state index in [4.69, 9.17) is 4.74 Å². The Morgan fingerprint density at radius 2 is 1.77 bits per heavy atom. The lowest BCUT2D eigenvalue weighted by Gasteiger charge is -2.21. The van der Waals surface area contributed by atoms with Crippen LogP contribution in [0.1, 0.15) is 25.5 Å². The summed E-state index contributed by atoms with van der Waals surface area (Å²) in [6.07, 6.45) is 0. The van der Waals surface area contributed by atoms with Crippen molar-refractivity contribution in [2.45, 2.75) is 25.9 Å². The lowest BCUT2D eigenvalue weighted by Crippen LogP contribution is -2.36. The highest BCUT2D eigenvalue weighted by Crippen LogP contribution is 2.20. The second kappa shape index (κ2) is 7.61. The van der Waals surface area contributed by atoms with Gasteiger partial charge in [0.1, 0.15) is 11.8 Å². The Bertz CT molecular complexity index is 611. The van der Waals surface area contributed by atoms with Gasteiger partial charge >= 0.3 is 0 Å². The van der Waals surface area contributed by atoms with E-state index in [-0.39, 0.29) is 11.9 Å². The molecule has 2 N–H and O–H groups in total. The molecule has 2 aromatic carbocycles. The summed E-state index contributed by atoms with van der Waals surface area (Å²) in [7, 11) is 1.61. The van der Waals surface area contributed by atoms with Crippen molar-refractivity contribution in [3.05, 3.63) is 60.2 Å². The highest BCUT2D eigenvalue weighted by Gasteiger charge is 2.21. The van der Waals surface area contributed by atoms with Gasteiger partial charge in [-0.15, -0.1) is 0 Å². The van der Waals surface area contributed by atoms with E-state index in [1.54, 1.807) is 13.2 Å². The Morgan fingerprint density at radius 3 is 2.41 bits per heavy atom. The monoisotopic (exact) mass is 298 g/mol. The van der Waals surface area contributed by atoms with E-state index >= 15 is 0 Å². The molecule has 4 nitrogen and oxygen atoms in total. The van der Waals surface area contributed by atoms with Gasteiger partial charge in [0.15, 0.2) is 0 Å². The highest BCUT2D eigenvalue weighted by molar-refractivity contribution is 5.95. The molecule has 0 aliphatic carbocycles. The van der Waals surface area contributed by atoms with Crippen LogP contribution in [-0.2, 0) is 4.79 Å². The molecule has 1 atom stereocenters. The van der Waals surface area contributed by atoms with Gasteiger partial charge in [-0.2, -0.15) is 0 Å². The molecule has 0 saturated carbocycles. The van der Waals surface area contributed by atoms with Gasteiger partial charge in [0.05, 0.1) is 7.11 Å². The second-order valence-corrected chi connectivity index (χ2v) is 5.39. The smallest absolute Gasteiger partial charge is 0.246 e. The van der Waals surface area contributed by atoms with Gasteiger partial charge in [0.2, 0.25) is 5.91 Å². The molecular weight excluding hydrogens is 276 g/mol. The van der Waals surface area contributed by atoms with E-state index < -0.39 is 6.04 Å². The molecule has 0 aliphatic heterocycles. The van der Waals surface area contributed by atoms with Gasteiger partial charge in [0, 0.05) is 17.8 Å². The summed E-state index contributed by atoms with van der Waals surface area (Å²) in [4.78, 5) is 12.6. The normalized spacial score (nSPS) is 12.0. The number of methoxy groups -OCH3 is 1. The predicted molar refractivity (Wildman–Crippen MR) is 89.1 cm³/mol. The zero-order valence-corrected chi connectivity index (χ0v) is 13.2. The number of nitrogens with one attached hydrogen (secondary N) is 2. The molecule has 22 heavy (non-hydrogen) atoms. The molecule has 0 heterocycles. The lowest BCUT2D eigenvalue weighted by atomic mass is 10.1. The fraction of sp³-hybridized carbons (Fsp3) is 0.278. The lowest BCUT2D eigenvalue weighted by molar-refractivity contribution is -0.118. The molecule has 0 bridgehead atoms. The van der Waals surface area contributed by atoms with Crippen LogP contribution in [0.15, 0.2) is 54.6 Å². The molecule has 2 aromatic rings. The van der Waals surface area contributed by atoms with Gasteiger partial charge < -0.3 is 10.1 Å². The van der Waals surface area contributed by atoms with E-state index in [1.807, 2.05) is 62.4 Å². The van der Waals surface area contributed by atoms with Crippen LogP contribution < -0.4 is 15.4 Å². The minimum atomic E-state index is -0.396. The molecule has 0 fully saturated rings. The molecular formula is C18H22N2O2. The van der Waals surface area contributed by atoms with Gasteiger partial charge in [-0.05, 0) is 31.5 Å². The first-order valence-electron chi connectivity index (χ1n) is 7.36. The molecule has 1 amide bonds. The highest BCUT2D eigenvalue weighted by atomic mass is 16.5. The van der Waals surface area contributed by atoms with Crippen LogP contribution in [0.2, 0.25) is 0 Å². The summed E-state index contributed by atoms with van der Waals surface area (Å²) >= 11 is 0. The van der Waals surface area contributed by atoms with Crippen LogP contribution in [0.3, 0.4) is 0 Å². The maximum absolute atomic E-state index is 12.6. The standard InChI is InChI=1S/C18H22N2O2/c1-13(2)19-17(14-8-5-4-6-9-14)18(21)20-15-10-7-11-16(12-15)22-3/h4-13,17,19H,1-3H3,(H,20,21). The minimum Gasteiger partial charge on any atom is -0.497 e. The third-order valence-electron chi connectivity index (χ3n) is 3.23. The third kappa shape index (κ3) is 4.33. The quantitative estimate of drug-likeness (QED) is 0.859. The van der Waals surface area contributed by atoms with E-state index in [0.717, 1.165) is 11.3 Å². The van der Waals surface area contributed by atoms with Crippen molar-refractivity contribution in [2.24, 2.45) is 0 Å². The maximum Gasteiger partial charge on any atom is 0.246 e. The zero-order chi connectivity index (χ0) is 15.9. The first kappa shape index (κ1) is 16.0. The summed E-state index contributed by atoms with van der Waals surface area (Å²) in [5.41, 5.74) is 1.66. The van der Waals surface area contributed by atoms with Crippen molar-refractivity contribution in [1.82, 2.24) is 5.32 Å². The van der Waals surface area contributed by atoms with Crippen LogP contribution in [0.25, 0.3) is 0 Å². The molecule has 0 spiro atoms. The number of carbonyl (C=O) groups is 1. The average Bonchev–Trinajstić information content (AvgIpc) is 2.53. The number of amides is 1. The summed E-state index contributed by atoms with van der Waals surface area (Å²) in [6.45, 7) is 4.05. The predicted octanol–water partition coefficient (Wildman–Crippen LogP) is 3.37. The van der Waals surface area contributed by atoms with Crippen molar-refractivity contribution in [2.75, 3.05) is 12.4 Å². The molecule has 0 radical (unpaired) electrons. The Labute approximate surface area is 131 Å². The number of anilines is 1. The average molecular weight is 298 g/mol. The van der Waals surface area contributed by atoms with Crippen LogP contribution in [-0.4, -0.2) is 19.1 Å². The second-order valence-electron chi connectivity index (χ2n) is 5.39. The fourth-order valence-corrected chi connectivity index (χ4v) is 2.22. The Balaban J connectivity index is 2.18. The van der Waals surface area contributed by atoms with Crippen LogP contribution in [0, 0.1) is 0 Å². The Kier molecular flexibility index (Phi) is 5.55. The molecule has 4 heteroatoms. The number of hydrogen-bond acceptors (Lipinski definition) is 3. The minimum absolute atomic E-state index is 0.0897. The number of carbonyl (C=O) groups excluding carboxylic acids is 1. The van der Waals surface area contributed by atoms with Crippen molar-refractivity contribution in [3.63, 3.8) is 0 Å². The molecule has 0 saturated heterocycles. The first-order chi connectivity index (χ1) is 10.6. The van der Waals surface area contributed by atoms with Crippen molar-refractivity contribution >= 4 is 11.6 Å². The summed E-state index contributed by atoms with van der Waals surface area (Å²) in [5.74, 6) is 0.624. The zero-order valence-electron chi connectivity index (χ0n) is 13.2. The molecule has 116 valence electrons. The van der Waals surface area contributed by atoms with E-state index in [0.29, 0.717) is 5.75 Å². The van der Waals surface area contributed by atoms with Gasteiger partial charge in [-0.3, -0.25) is 10.1 Å². The van der Waals surface area contributed by atoms with Crippen LogP contribution in [0.4, 0.5) is 5.69 Å². The molecule has 2 rings (SSSR count). The number of rotatable bonds is 6. The number of benzene rings is 2. The van der Waals surface area contributed by atoms with Crippen molar-refractivity contribution in [1.29, 1.82) is 0 Å². The summed E-state index contributed by atoms with van der Waals surface area (Å²) in [5, 5.41) is 6.24. The first-order valence-corrected chi connectivity index (χ1v) is 7.36. The number of hydrogen-bond donors (Lipinski definition) is 2. The van der Waals surface area contributed by atoms with Crippen LogP contribution in [0.5, 0.6) is 5.75 Å². The van der Waals surface area contributed by atoms with Crippen LogP contribution >= 0.6 is 0 Å². The van der Waals surface area contributed by atoms with Crippen molar-refractivity contribution in [3.8, 4) is 5.75 Å². The van der Waals surface area contributed by atoms with Gasteiger partial charge in [-0.25, -0.2) is 0 Å². The van der Waals surface area contributed by atoms with Gasteiger partial charge in [0.25, 0.3) is 0 Å². The number of ether oxygens (including phenoxy) is 1. The SMILES string of the molecule is COc1cccc(NC(=O)C(NC(C)C)c2ccccc2)c1. The molecule has 1 unspecified atom stereocenters. The van der Waals surface area contributed by atoms with E-state index in [9.17, 15) is 4.79 Å². The summed E-state index contributed by atoms with van der Waals surface area (Å²) < 4.78 is 5.18. The van der Waals surface area contributed by atoms with E-state index in [2.05, 4.69) is 10.6 Å². The maximum atomic E-state index is 12.6. The third-order valence-corrected chi connectivity index (χ3v) is 3.23. The van der Waals surface area contributed by atoms with Crippen molar-refractivity contribution < 1.29 is 9.53 Å². The van der Waals surface area contributed by atoms with E-state index in [1.165, 1.54) is 0 Å². The Hall–Kier alpha value is -2.33. The fourth-order valence-electron chi connectivity index (χ4n) is 2.22. The molecule has 0 aliphatic rings. The largest absolute Gasteiger partial charge is 0.497 e. The Morgan fingerprint density at radius 1 is 1.05 bits per heavy atom. The molecule has 0 aromatic heterocycles. The summed E-state index contributed by atoms with van der Waals surface area (Å²) in [6, 6.07) is 16.8. The van der Waals surface area contributed by atoms with Gasteiger partial charge in [-0.1, -0.05) is 36.4 Å². The topological polar surface area (TPSA) is 50.4 Å².